The first-order chi connectivity index (χ1) is 6.87. The monoisotopic (exact) mass is 233 g/mol. The lowest BCUT2D eigenvalue weighted by molar-refractivity contribution is 0.245. The van der Waals surface area contributed by atoms with Crippen LogP contribution in [0.3, 0.4) is 0 Å². The highest BCUT2D eigenvalue weighted by molar-refractivity contribution is 7.89. The van der Waals surface area contributed by atoms with E-state index < -0.39 is 15.6 Å². The summed E-state index contributed by atoms with van der Waals surface area (Å²) in [6.07, 6.45) is 1.72. The zero-order valence-corrected chi connectivity index (χ0v) is 9.50. The fourth-order valence-corrected chi connectivity index (χ4v) is 2.49. The zero-order valence-electron chi connectivity index (χ0n) is 8.69. The van der Waals surface area contributed by atoms with Gasteiger partial charge in [-0.25, -0.2) is 13.1 Å². The standard InChI is InChI=1S/C8H15N3O3S/c1-8(2,4-6-12)11-15(13,14)7-3-5-9-10-7/h3,5,11-12H,4,6H2,1-2H3,(H,9,10). The number of rotatable bonds is 5. The van der Waals surface area contributed by atoms with Crippen molar-refractivity contribution in [2.45, 2.75) is 30.8 Å². The molecule has 0 atom stereocenters. The summed E-state index contributed by atoms with van der Waals surface area (Å²) in [5, 5.41) is 14.7. The van der Waals surface area contributed by atoms with Crippen molar-refractivity contribution in [2.24, 2.45) is 0 Å². The lowest BCUT2D eigenvalue weighted by atomic mass is 10.0. The van der Waals surface area contributed by atoms with Crippen LogP contribution in [0.4, 0.5) is 0 Å². The van der Waals surface area contributed by atoms with Crippen LogP contribution >= 0.6 is 0 Å². The predicted molar refractivity (Wildman–Crippen MR) is 54.7 cm³/mol. The number of hydrogen-bond donors (Lipinski definition) is 3. The number of nitrogens with one attached hydrogen (secondary N) is 2. The molecule has 0 bridgehead atoms. The first kappa shape index (κ1) is 12.2. The van der Waals surface area contributed by atoms with Crippen molar-refractivity contribution < 1.29 is 13.5 Å². The molecule has 0 saturated heterocycles. The van der Waals surface area contributed by atoms with E-state index >= 15 is 0 Å². The summed E-state index contributed by atoms with van der Waals surface area (Å²) in [4.78, 5) is 0. The van der Waals surface area contributed by atoms with Crippen molar-refractivity contribution in [3.63, 3.8) is 0 Å². The van der Waals surface area contributed by atoms with Gasteiger partial charge in [-0.3, -0.25) is 5.10 Å². The number of aliphatic hydroxyl groups is 1. The van der Waals surface area contributed by atoms with Crippen molar-refractivity contribution >= 4 is 10.0 Å². The van der Waals surface area contributed by atoms with Gasteiger partial charge in [0.05, 0.1) is 6.20 Å². The molecule has 0 radical (unpaired) electrons. The van der Waals surface area contributed by atoms with Gasteiger partial charge in [0.15, 0.2) is 5.03 Å². The highest BCUT2D eigenvalue weighted by Crippen LogP contribution is 2.13. The maximum atomic E-state index is 11.7. The third-order valence-corrected chi connectivity index (χ3v) is 3.54. The van der Waals surface area contributed by atoms with Gasteiger partial charge in [-0.05, 0) is 26.3 Å². The first-order valence-electron chi connectivity index (χ1n) is 4.52. The molecule has 1 aromatic heterocycles. The average Bonchev–Trinajstić information content (AvgIpc) is 2.52. The Morgan fingerprint density at radius 1 is 1.60 bits per heavy atom. The molecule has 0 aliphatic heterocycles. The van der Waals surface area contributed by atoms with E-state index in [1.165, 1.54) is 12.3 Å². The molecule has 0 saturated carbocycles. The molecule has 1 aromatic rings. The van der Waals surface area contributed by atoms with Gasteiger partial charge in [-0.15, -0.1) is 0 Å². The van der Waals surface area contributed by atoms with Crippen LogP contribution in [0.25, 0.3) is 0 Å². The van der Waals surface area contributed by atoms with Gasteiger partial charge in [-0.1, -0.05) is 0 Å². The van der Waals surface area contributed by atoms with Gasteiger partial charge in [-0.2, -0.15) is 5.10 Å². The molecule has 15 heavy (non-hydrogen) atoms. The van der Waals surface area contributed by atoms with E-state index in [0.717, 1.165) is 0 Å². The Morgan fingerprint density at radius 2 is 2.27 bits per heavy atom. The normalized spacial score (nSPS) is 13.0. The summed E-state index contributed by atoms with van der Waals surface area (Å²) >= 11 is 0. The van der Waals surface area contributed by atoms with Gasteiger partial charge >= 0.3 is 0 Å². The predicted octanol–water partition coefficient (Wildman–Crippen LogP) is -0.151. The molecular formula is C8H15N3O3S. The summed E-state index contributed by atoms with van der Waals surface area (Å²) in [6.45, 7) is 3.34. The van der Waals surface area contributed by atoms with Crippen LogP contribution in [0.2, 0.25) is 0 Å². The van der Waals surface area contributed by atoms with E-state index in [4.69, 9.17) is 5.11 Å². The minimum absolute atomic E-state index is 0.0218. The lowest BCUT2D eigenvalue weighted by Crippen LogP contribution is -2.44. The number of sulfonamides is 1. The van der Waals surface area contributed by atoms with E-state index in [1.54, 1.807) is 13.8 Å². The zero-order chi connectivity index (χ0) is 11.5. The Morgan fingerprint density at radius 3 is 2.73 bits per heavy atom. The van der Waals surface area contributed by atoms with Crippen molar-refractivity contribution in [1.82, 2.24) is 14.9 Å². The SMILES string of the molecule is CC(C)(CCO)NS(=O)(=O)c1ccn[nH]1. The number of aromatic nitrogens is 2. The van der Waals surface area contributed by atoms with Crippen LogP contribution in [0, 0.1) is 0 Å². The summed E-state index contributed by atoms with van der Waals surface area (Å²) in [6, 6.07) is 1.37. The van der Waals surface area contributed by atoms with Gasteiger partial charge in [0.2, 0.25) is 0 Å². The van der Waals surface area contributed by atoms with Gasteiger partial charge in [0, 0.05) is 12.1 Å². The second-order valence-electron chi connectivity index (χ2n) is 3.88. The highest BCUT2D eigenvalue weighted by atomic mass is 32.2. The largest absolute Gasteiger partial charge is 0.396 e. The Labute approximate surface area is 88.8 Å². The van der Waals surface area contributed by atoms with Crippen LogP contribution in [-0.2, 0) is 10.0 Å². The van der Waals surface area contributed by atoms with Crippen molar-refractivity contribution in [3.8, 4) is 0 Å². The van der Waals surface area contributed by atoms with Crippen molar-refractivity contribution in [3.05, 3.63) is 12.3 Å². The molecule has 0 aliphatic carbocycles. The smallest absolute Gasteiger partial charge is 0.257 e. The number of aliphatic hydroxyl groups excluding tert-OH is 1. The highest BCUT2D eigenvalue weighted by Gasteiger charge is 2.26. The van der Waals surface area contributed by atoms with Crippen LogP contribution in [-0.4, -0.2) is 35.9 Å². The van der Waals surface area contributed by atoms with E-state index in [2.05, 4.69) is 14.9 Å². The Hall–Kier alpha value is -0.920. The molecule has 0 spiro atoms. The van der Waals surface area contributed by atoms with Crippen molar-refractivity contribution in [1.29, 1.82) is 0 Å². The van der Waals surface area contributed by atoms with Crippen molar-refractivity contribution in [2.75, 3.05) is 6.61 Å². The second-order valence-corrected chi connectivity index (χ2v) is 5.53. The summed E-state index contributed by atoms with van der Waals surface area (Å²) in [5.41, 5.74) is -0.682. The molecule has 0 aromatic carbocycles. The van der Waals surface area contributed by atoms with E-state index in [1.807, 2.05) is 0 Å². The number of aromatic amines is 1. The number of H-pyrrole nitrogens is 1. The van der Waals surface area contributed by atoms with Crippen LogP contribution in [0.5, 0.6) is 0 Å². The third-order valence-electron chi connectivity index (χ3n) is 1.91. The van der Waals surface area contributed by atoms with Gasteiger partial charge < -0.3 is 5.11 Å². The number of hydrogen-bond acceptors (Lipinski definition) is 4. The molecule has 6 nitrogen and oxygen atoms in total. The topological polar surface area (TPSA) is 95.1 Å². The fraction of sp³-hybridized carbons (Fsp3) is 0.625. The average molecular weight is 233 g/mol. The minimum Gasteiger partial charge on any atom is -0.396 e. The van der Waals surface area contributed by atoms with Gasteiger partial charge in [0.25, 0.3) is 10.0 Å². The molecule has 7 heteroatoms. The van der Waals surface area contributed by atoms with Gasteiger partial charge in [0.1, 0.15) is 0 Å². The van der Waals surface area contributed by atoms with Crippen LogP contribution in [0.1, 0.15) is 20.3 Å². The Balaban J connectivity index is 2.82. The van der Waals surface area contributed by atoms with E-state index in [0.29, 0.717) is 6.42 Å². The molecule has 0 aliphatic rings. The van der Waals surface area contributed by atoms with E-state index in [-0.39, 0.29) is 11.6 Å². The molecule has 0 unspecified atom stereocenters. The Bertz CT molecular complexity index is 397. The summed E-state index contributed by atoms with van der Waals surface area (Å²) in [5.74, 6) is 0. The quantitative estimate of drug-likeness (QED) is 0.659. The molecule has 3 N–H and O–H groups in total. The maximum absolute atomic E-state index is 11.7. The van der Waals surface area contributed by atoms with E-state index in [9.17, 15) is 8.42 Å². The molecule has 0 amide bonds. The molecule has 1 rings (SSSR count). The molecule has 1 heterocycles. The Kier molecular flexibility index (Phi) is 3.48. The molecule has 86 valence electrons. The maximum Gasteiger partial charge on any atom is 0.257 e. The minimum atomic E-state index is -3.58. The first-order valence-corrected chi connectivity index (χ1v) is 6.00. The molecular weight excluding hydrogens is 218 g/mol. The fourth-order valence-electron chi connectivity index (χ4n) is 1.14. The van der Waals surface area contributed by atoms with Crippen LogP contribution in [0.15, 0.2) is 17.3 Å². The number of nitrogens with zero attached hydrogens (tertiary/aromatic N) is 1. The lowest BCUT2D eigenvalue weighted by Gasteiger charge is -2.24. The second kappa shape index (κ2) is 4.30. The summed E-state index contributed by atoms with van der Waals surface area (Å²) < 4.78 is 25.9. The molecule has 0 fully saturated rings. The third kappa shape index (κ3) is 3.29. The summed E-state index contributed by atoms with van der Waals surface area (Å²) in [7, 11) is -3.58. The van der Waals surface area contributed by atoms with Crippen LogP contribution < -0.4 is 4.72 Å².